The van der Waals surface area contributed by atoms with E-state index in [1.165, 1.54) is 11.1 Å². The lowest BCUT2D eigenvalue weighted by molar-refractivity contribution is 0.592. The molecule has 2 rings (SSSR count). The number of benzene rings is 1. The lowest BCUT2D eigenvalue weighted by Crippen LogP contribution is -2.18. The number of nitrogens with one attached hydrogen (secondary N) is 2. The summed E-state index contributed by atoms with van der Waals surface area (Å²) in [6, 6.07) is 10.8. The first-order valence-corrected chi connectivity index (χ1v) is 5.10. The average molecular weight is 201 g/mol. The van der Waals surface area contributed by atoms with Crippen molar-refractivity contribution in [1.82, 2.24) is 15.5 Å². The van der Waals surface area contributed by atoms with Gasteiger partial charge in [0.15, 0.2) is 0 Å². The molecule has 1 atom stereocenters. The van der Waals surface area contributed by atoms with Gasteiger partial charge in [-0.15, -0.1) is 0 Å². The fourth-order valence-electron chi connectivity index (χ4n) is 1.69. The molecule has 0 radical (unpaired) electrons. The van der Waals surface area contributed by atoms with E-state index in [0.29, 0.717) is 6.04 Å². The molecule has 2 N–H and O–H groups in total. The van der Waals surface area contributed by atoms with Crippen LogP contribution in [0.4, 0.5) is 0 Å². The molecule has 15 heavy (non-hydrogen) atoms. The molecular formula is C12H15N3. The van der Waals surface area contributed by atoms with E-state index in [1.54, 1.807) is 0 Å². The van der Waals surface area contributed by atoms with Gasteiger partial charge in [-0.2, -0.15) is 5.10 Å². The number of H-pyrrole nitrogens is 1. The first kappa shape index (κ1) is 9.93. The Labute approximate surface area is 89.5 Å². The molecule has 1 aromatic heterocycles. The Hall–Kier alpha value is -1.61. The summed E-state index contributed by atoms with van der Waals surface area (Å²) >= 11 is 0. The van der Waals surface area contributed by atoms with Gasteiger partial charge in [0, 0.05) is 17.8 Å². The fraction of sp³-hybridized carbons (Fsp3) is 0.250. The van der Waals surface area contributed by atoms with E-state index in [1.807, 2.05) is 25.5 Å². The summed E-state index contributed by atoms with van der Waals surface area (Å²) in [6.07, 6.45) is 4.78. The maximum Gasteiger partial charge on any atom is 0.0535 e. The van der Waals surface area contributed by atoms with Crippen molar-refractivity contribution in [3.8, 4) is 0 Å². The number of hydrogen-bond acceptors (Lipinski definition) is 2. The first-order valence-electron chi connectivity index (χ1n) is 5.10. The first-order chi connectivity index (χ1) is 7.40. The Kier molecular flexibility index (Phi) is 3.15. The number of aromatic nitrogens is 2. The number of nitrogens with zero attached hydrogens (tertiary/aromatic N) is 1. The summed E-state index contributed by atoms with van der Waals surface area (Å²) < 4.78 is 0. The standard InChI is InChI=1S/C12H15N3/c1-13-12(11-8-14-15-9-11)7-10-5-3-2-4-6-10/h2-6,8-9,12-13H,7H2,1H3,(H,14,15). The van der Waals surface area contributed by atoms with Gasteiger partial charge in [0.25, 0.3) is 0 Å². The second-order valence-electron chi connectivity index (χ2n) is 3.56. The zero-order valence-corrected chi connectivity index (χ0v) is 8.77. The van der Waals surface area contributed by atoms with Crippen molar-refractivity contribution in [3.63, 3.8) is 0 Å². The molecule has 0 fully saturated rings. The third kappa shape index (κ3) is 2.44. The van der Waals surface area contributed by atoms with Crippen LogP contribution in [0.2, 0.25) is 0 Å². The maximum atomic E-state index is 3.97. The van der Waals surface area contributed by atoms with E-state index in [4.69, 9.17) is 0 Å². The topological polar surface area (TPSA) is 40.7 Å². The SMILES string of the molecule is CNC(Cc1ccccc1)c1cn[nH]c1. The van der Waals surface area contributed by atoms with Gasteiger partial charge in [0.05, 0.1) is 6.20 Å². The van der Waals surface area contributed by atoms with Crippen LogP contribution in [-0.2, 0) is 6.42 Å². The van der Waals surface area contributed by atoms with Gasteiger partial charge in [0.2, 0.25) is 0 Å². The predicted molar refractivity (Wildman–Crippen MR) is 60.5 cm³/mol. The van der Waals surface area contributed by atoms with Crippen LogP contribution in [0, 0.1) is 0 Å². The van der Waals surface area contributed by atoms with Crippen molar-refractivity contribution < 1.29 is 0 Å². The molecule has 0 bridgehead atoms. The quantitative estimate of drug-likeness (QED) is 0.793. The number of hydrogen-bond donors (Lipinski definition) is 2. The van der Waals surface area contributed by atoms with Gasteiger partial charge in [-0.3, -0.25) is 5.10 Å². The lowest BCUT2D eigenvalue weighted by Gasteiger charge is -2.14. The number of rotatable bonds is 4. The Balaban J connectivity index is 2.10. The highest BCUT2D eigenvalue weighted by Crippen LogP contribution is 2.16. The molecule has 0 spiro atoms. The molecule has 0 aliphatic heterocycles. The molecule has 1 aromatic carbocycles. The smallest absolute Gasteiger partial charge is 0.0535 e. The van der Waals surface area contributed by atoms with Crippen molar-refractivity contribution in [2.45, 2.75) is 12.5 Å². The van der Waals surface area contributed by atoms with Gasteiger partial charge in [-0.25, -0.2) is 0 Å². The summed E-state index contributed by atoms with van der Waals surface area (Å²) in [7, 11) is 1.97. The minimum absolute atomic E-state index is 0.325. The van der Waals surface area contributed by atoms with E-state index in [2.05, 4.69) is 39.8 Å². The normalized spacial score (nSPS) is 12.6. The Morgan fingerprint density at radius 3 is 2.73 bits per heavy atom. The van der Waals surface area contributed by atoms with Crippen LogP contribution in [0.3, 0.4) is 0 Å². The molecule has 0 saturated carbocycles. The molecule has 1 heterocycles. The highest BCUT2D eigenvalue weighted by atomic mass is 15.1. The van der Waals surface area contributed by atoms with E-state index in [0.717, 1.165) is 6.42 Å². The Bertz CT molecular complexity index is 381. The highest BCUT2D eigenvalue weighted by molar-refractivity contribution is 5.19. The minimum atomic E-state index is 0.325. The van der Waals surface area contributed by atoms with E-state index in [-0.39, 0.29) is 0 Å². The highest BCUT2D eigenvalue weighted by Gasteiger charge is 2.10. The maximum absolute atomic E-state index is 3.97. The van der Waals surface area contributed by atoms with E-state index < -0.39 is 0 Å². The van der Waals surface area contributed by atoms with Crippen LogP contribution in [-0.4, -0.2) is 17.2 Å². The summed E-state index contributed by atoms with van der Waals surface area (Å²) in [5, 5.41) is 10.1. The van der Waals surface area contributed by atoms with Crippen molar-refractivity contribution >= 4 is 0 Å². The van der Waals surface area contributed by atoms with Gasteiger partial charge in [0.1, 0.15) is 0 Å². The lowest BCUT2D eigenvalue weighted by atomic mass is 10.0. The molecule has 78 valence electrons. The molecule has 2 aromatic rings. The van der Waals surface area contributed by atoms with Crippen LogP contribution in [0.1, 0.15) is 17.2 Å². The van der Waals surface area contributed by atoms with Crippen molar-refractivity contribution in [2.24, 2.45) is 0 Å². The number of likely N-dealkylation sites (N-methyl/N-ethyl adjacent to an activating group) is 1. The zero-order chi connectivity index (χ0) is 10.5. The van der Waals surface area contributed by atoms with Crippen LogP contribution in [0.25, 0.3) is 0 Å². The third-order valence-electron chi connectivity index (χ3n) is 2.55. The summed E-state index contributed by atoms with van der Waals surface area (Å²) in [5.74, 6) is 0. The molecular weight excluding hydrogens is 186 g/mol. The minimum Gasteiger partial charge on any atom is -0.313 e. The van der Waals surface area contributed by atoms with Crippen LogP contribution in [0.15, 0.2) is 42.7 Å². The third-order valence-corrected chi connectivity index (χ3v) is 2.55. The van der Waals surface area contributed by atoms with Gasteiger partial charge in [-0.05, 0) is 19.0 Å². The van der Waals surface area contributed by atoms with Crippen molar-refractivity contribution in [3.05, 3.63) is 53.9 Å². The van der Waals surface area contributed by atoms with Crippen LogP contribution in [0.5, 0.6) is 0 Å². The monoisotopic (exact) mass is 201 g/mol. The molecule has 3 heteroatoms. The second-order valence-corrected chi connectivity index (χ2v) is 3.56. The van der Waals surface area contributed by atoms with Crippen molar-refractivity contribution in [1.29, 1.82) is 0 Å². The summed E-state index contributed by atoms with van der Waals surface area (Å²) in [5.41, 5.74) is 2.53. The Morgan fingerprint density at radius 1 is 1.33 bits per heavy atom. The van der Waals surface area contributed by atoms with Gasteiger partial charge in [-0.1, -0.05) is 30.3 Å². The molecule has 0 aliphatic carbocycles. The summed E-state index contributed by atoms with van der Waals surface area (Å²) in [6.45, 7) is 0. The summed E-state index contributed by atoms with van der Waals surface area (Å²) in [4.78, 5) is 0. The Morgan fingerprint density at radius 2 is 2.13 bits per heavy atom. The van der Waals surface area contributed by atoms with Crippen LogP contribution >= 0.6 is 0 Å². The second kappa shape index (κ2) is 4.75. The predicted octanol–water partition coefficient (Wildman–Crippen LogP) is 1.91. The van der Waals surface area contributed by atoms with Gasteiger partial charge >= 0.3 is 0 Å². The molecule has 0 saturated heterocycles. The number of aromatic amines is 1. The largest absolute Gasteiger partial charge is 0.313 e. The molecule has 0 aliphatic rings. The average Bonchev–Trinajstić information content (AvgIpc) is 2.81. The molecule has 1 unspecified atom stereocenters. The van der Waals surface area contributed by atoms with E-state index >= 15 is 0 Å². The van der Waals surface area contributed by atoms with E-state index in [9.17, 15) is 0 Å². The van der Waals surface area contributed by atoms with Gasteiger partial charge < -0.3 is 5.32 Å². The fourth-order valence-corrected chi connectivity index (χ4v) is 1.69. The van der Waals surface area contributed by atoms with Crippen LogP contribution < -0.4 is 5.32 Å². The molecule has 3 nitrogen and oxygen atoms in total. The zero-order valence-electron chi connectivity index (χ0n) is 8.77. The molecule has 0 amide bonds. The van der Waals surface area contributed by atoms with Crippen molar-refractivity contribution in [2.75, 3.05) is 7.05 Å².